The number of hydrogen-bond acceptors (Lipinski definition) is 9. The maximum atomic E-state index is 6.33. The molecule has 1 aromatic carbocycles. The van der Waals surface area contributed by atoms with Gasteiger partial charge < -0.3 is 32.5 Å². The molecule has 2 aromatic heterocycles. The second kappa shape index (κ2) is 12.5. The van der Waals surface area contributed by atoms with Crippen LogP contribution in [0.1, 0.15) is 55.9 Å². The van der Waals surface area contributed by atoms with Crippen LogP contribution in [0.5, 0.6) is 5.75 Å². The van der Waals surface area contributed by atoms with Crippen LogP contribution in [0, 0.1) is 0 Å². The van der Waals surface area contributed by atoms with Crippen molar-refractivity contribution >= 4 is 0 Å². The highest BCUT2D eigenvalue weighted by molar-refractivity contribution is 5.44. The smallest absolute Gasteiger partial charge is 0.248 e. The third-order valence-corrected chi connectivity index (χ3v) is 6.56. The highest BCUT2D eigenvalue weighted by Crippen LogP contribution is 2.36. The lowest BCUT2D eigenvalue weighted by atomic mass is 9.95. The van der Waals surface area contributed by atoms with Gasteiger partial charge in [0.15, 0.2) is 17.4 Å². The minimum absolute atomic E-state index is 0.0414. The predicted octanol–water partition coefficient (Wildman–Crippen LogP) is 5.66. The first-order valence-electron chi connectivity index (χ1n) is 12.5. The lowest BCUT2D eigenvalue weighted by Gasteiger charge is -2.42. The van der Waals surface area contributed by atoms with Gasteiger partial charge >= 0.3 is 0 Å². The molecule has 0 N–H and O–H groups in total. The first-order valence-corrected chi connectivity index (χ1v) is 12.5. The molecule has 9 nitrogen and oxygen atoms in total. The third-order valence-electron chi connectivity index (χ3n) is 6.56. The molecule has 1 aliphatic rings. The van der Waals surface area contributed by atoms with Gasteiger partial charge in [0.2, 0.25) is 5.89 Å². The Balaban J connectivity index is 1.40. The van der Waals surface area contributed by atoms with E-state index in [1.54, 1.807) is 33.9 Å². The van der Waals surface area contributed by atoms with Gasteiger partial charge in [-0.05, 0) is 31.0 Å². The van der Waals surface area contributed by atoms with Gasteiger partial charge in [-0.1, -0.05) is 18.2 Å². The van der Waals surface area contributed by atoms with E-state index in [1.165, 1.54) is 0 Å². The number of benzene rings is 1. The molecule has 4 rings (SSSR count). The Morgan fingerprint density at radius 3 is 2.65 bits per heavy atom. The average molecular weight is 513 g/mol. The fourth-order valence-corrected chi connectivity index (χ4v) is 4.46. The van der Waals surface area contributed by atoms with E-state index in [1.807, 2.05) is 37.3 Å². The fourth-order valence-electron chi connectivity index (χ4n) is 4.46. The first kappa shape index (κ1) is 27.1. The van der Waals surface area contributed by atoms with Gasteiger partial charge in [-0.15, -0.1) is 6.58 Å². The normalized spacial score (nSPS) is 22.6. The van der Waals surface area contributed by atoms with Crippen molar-refractivity contribution in [1.82, 2.24) is 9.97 Å². The van der Waals surface area contributed by atoms with Crippen molar-refractivity contribution in [2.75, 3.05) is 21.3 Å². The van der Waals surface area contributed by atoms with E-state index in [-0.39, 0.29) is 18.3 Å². The molecule has 200 valence electrons. The Labute approximate surface area is 217 Å². The summed E-state index contributed by atoms with van der Waals surface area (Å²) in [6.07, 6.45) is 7.79. The summed E-state index contributed by atoms with van der Waals surface area (Å²) in [5.74, 6) is 1.06. The summed E-state index contributed by atoms with van der Waals surface area (Å²) in [7, 11) is 4.96. The number of rotatable bonds is 13. The summed E-state index contributed by atoms with van der Waals surface area (Å²) in [5.41, 5.74) is 2.29. The molecule has 1 fully saturated rings. The Hall–Kier alpha value is -2.98. The molecule has 0 aliphatic carbocycles. The van der Waals surface area contributed by atoms with E-state index in [0.717, 1.165) is 17.7 Å². The zero-order valence-electron chi connectivity index (χ0n) is 22.0. The van der Waals surface area contributed by atoms with E-state index < -0.39 is 5.79 Å². The molecule has 0 radical (unpaired) electrons. The van der Waals surface area contributed by atoms with Gasteiger partial charge in [-0.3, -0.25) is 0 Å². The molecule has 0 bridgehead atoms. The van der Waals surface area contributed by atoms with Crippen LogP contribution in [0.2, 0.25) is 0 Å². The number of methoxy groups -OCH3 is 3. The van der Waals surface area contributed by atoms with Crippen LogP contribution in [0.4, 0.5) is 0 Å². The van der Waals surface area contributed by atoms with Gasteiger partial charge in [0.05, 0.1) is 25.9 Å². The quantitative estimate of drug-likeness (QED) is 0.269. The summed E-state index contributed by atoms with van der Waals surface area (Å²) in [5, 5.41) is 0. The topological polar surface area (TPSA) is 98.2 Å². The van der Waals surface area contributed by atoms with Gasteiger partial charge in [-0.25, -0.2) is 9.97 Å². The Kier molecular flexibility index (Phi) is 9.15. The van der Waals surface area contributed by atoms with Gasteiger partial charge in [0.25, 0.3) is 0 Å². The molecule has 3 aromatic rings. The van der Waals surface area contributed by atoms with E-state index in [0.29, 0.717) is 55.5 Å². The molecule has 0 saturated carbocycles. The molecule has 0 spiro atoms. The zero-order chi connectivity index (χ0) is 26.3. The Bertz CT molecular complexity index is 1130. The molecule has 4 atom stereocenters. The van der Waals surface area contributed by atoms with Crippen molar-refractivity contribution in [3.63, 3.8) is 0 Å². The van der Waals surface area contributed by atoms with Crippen molar-refractivity contribution in [2.45, 2.75) is 69.7 Å². The minimum Gasteiger partial charge on any atom is -0.497 e. The van der Waals surface area contributed by atoms with Crippen molar-refractivity contribution in [3.05, 3.63) is 66.6 Å². The Morgan fingerprint density at radius 2 is 1.95 bits per heavy atom. The second-order valence-corrected chi connectivity index (χ2v) is 9.29. The van der Waals surface area contributed by atoms with E-state index in [2.05, 4.69) is 16.5 Å². The lowest BCUT2D eigenvalue weighted by Crippen LogP contribution is -2.46. The van der Waals surface area contributed by atoms with Crippen molar-refractivity contribution < 1.29 is 32.5 Å². The molecule has 9 heteroatoms. The van der Waals surface area contributed by atoms with Gasteiger partial charge in [0, 0.05) is 39.9 Å². The summed E-state index contributed by atoms with van der Waals surface area (Å²) in [6, 6.07) is 7.87. The molecule has 37 heavy (non-hydrogen) atoms. The molecule has 1 saturated heterocycles. The number of nitrogens with zero attached hydrogens (tertiary/aromatic N) is 2. The van der Waals surface area contributed by atoms with Crippen LogP contribution in [0.3, 0.4) is 0 Å². The SMILES string of the molecule is C=CCCc1nc(-c2nc([C@@H](C[C@H]3C[C@@H](OCc4ccc(OC)cc4)C[C@](C)(OC)O3)OC)co2)co1. The molecular formula is C28H36N2O7. The monoisotopic (exact) mass is 512 g/mol. The van der Waals surface area contributed by atoms with Crippen molar-refractivity contribution in [3.8, 4) is 17.3 Å². The van der Waals surface area contributed by atoms with E-state index in [4.69, 9.17) is 32.5 Å². The van der Waals surface area contributed by atoms with Crippen LogP contribution in [-0.2, 0) is 32.0 Å². The standard InChI is InChI=1S/C28H36N2O7/c1-6-7-8-26-29-24(18-35-26)27-30-23(17-36-27)25(32-4)14-21-13-22(15-28(2,33-5)37-21)34-16-19-9-11-20(31-3)12-10-19/h6,9-12,17-18,21-22,25H,1,7-8,13-16H2,2-5H3/t21-,22-,25-,28-/m1/s1. The first-order chi connectivity index (χ1) is 17.9. The van der Waals surface area contributed by atoms with Crippen LogP contribution >= 0.6 is 0 Å². The number of allylic oxidation sites excluding steroid dienone is 1. The van der Waals surface area contributed by atoms with E-state index in [9.17, 15) is 0 Å². The number of ether oxygens (including phenoxy) is 5. The molecular weight excluding hydrogens is 476 g/mol. The summed E-state index contributed by atoms with van der Waals surface area (Å²) in [6.45, 7) is 6.16. The largest absolute Gasteiger partial charge is 0.497 e. The third kappa shape index (κ3) is 7.07. The number of oxazole rings is 2. The number of hydrogen-bond donors (Lipinski definition) is 0. The Morgan fingerprint density at radius 1 is 1.14 bits per heavy atom. The zero-order valence-corrected chi connectivity index (χ0v) is 22.0. The highest BCUT2D eigenvalue weighted by Gasteiger charge is 2.40. The maximum absolute atomic E-state index is 6.33. The van der Waals surface area contributed by atoms with Crippen LogP contribution in [0.15, 0.2) is 58.3 Å². The van der Waals surface area contributed by atoms with Gasteiger partial charge in [-0.2, -0.15) is 0 Å². The fraction of sp³-hybridized carbons (Fsp3) is 0.500. The number of aryl methyl sites for hydroxylation is 1. The molecule has 0 unspecified atom stereocenters. The minimum atomic E-state index is -0.761. The van der Waals surface area contributed by atoms with Crippen molar-refractivity contribution in [1.29, 1.82) is 0 Å². The second-order valence-electron chi connectivity index (χ2n) is 9.29. The van der Waals surface area contributed by atoms with Crippen LogP contribution in [0.25, 0.3) is 11.6 Å². The lowest BCUT2D eigenvalue weighted by molar-refractivity contribution is -0.284. The highest BCUT2D eigenvalue weighted by atomic mass is 16.7. The molecule has 0 amide bonds. The predicted molar refractivity (Wildman–Crippen MR) is 136 cm³/mol. The van der Waals surface area contributed by atoms with Crippen LogP contribution < -0.4 is 4.74 Å². The van der Waals surface area contributed by atoms with E-state index >= 15 is 0 Å². The summed E-state index contributed by atoms with van der Waals surface area (Å²) < 4.78 is 40.6. The van der Waals surface area contributed by atoms with Crippen LogP contribution in [-0.4, -0.2) is 49.3 Å². The summed E-state index contributed by atoms with van der Waals surface area (Å²) in [4.78, 5) is 9.06. The summed E-state index contributed by atoms with van der Waals surface area (Å²) >= 11 is 0. The maximum Gasteiger partial charge on any atom is 0.248 e. The van der Waals surface area contributed by atoms with Gasteiger partial charge in [0.1, 0.15) is 30.1 Å². The number of aromatic nitrogens is 2. The van der Waals surface area contributed by atoms with Crippen molar-refractivity contribution in [2.24, 2.45) is 0 Å². The average Bonchev–Trinajstić information content (AvgIpc) is 3.59. The molecule has 1 aliphatic heterocycles. The molecule has 3 heterocycles.